The van der Waals surface area contributed by atoms with Gasteiger partial charge in [-0.05, 0) is 36.1 Å². The van der Waals surface area contributed by atoms with Crippen LogP contribution in [0.25, 0.3) is 0 Å². The van der Waals surface area contributed by atoms with Gasteiger partial charge < -0.3 is 15.2 Å². The molecule has 2 rings (SSSR count). The molecule has 0 bridgehead atoms. The van der Waals surface area contributed by atoms with Crippen molar-refractivity contribution in [2.24, 2.45) is 5.73 Å². The molecular formula is C13H18FNO2. The van der Waals surface area contributed by atoms with E-state index < -0.39 is 0 Å². The highest BCUT2D eigenvalue weighted by atomic mass is 19.1. The zero-order valence-electron chi connectivity index (χ0n) is 9.82. The van der Waals surface area contributed by atoms with Gasteiger partial charge in [0, 0.05) is 13.2 Å². The minimum absolute atomic E-state index is 0.199. The highest BCUT2D eigenvalue weighted by Crippen LogP contribution is 2.15. The van der Waals surface area contributed by atoms with E-state index in [4.69, 9.17) is 15.2 Å². The van der Waals surface area contributed by atoms with Gasteiger partial charge in [-0.25, -0.2) is 4.39 Å². The Bertz CT molecular complexity index is 364. The Morgan fingerprint density at radius 2 is 2.29 bits per heavy atom. The number of hydrogen-bond acceptors (Lipinski definition) is 3. The van der Waals surface area contributed by atoms with Gasteiger partial charge in [-0.3, -0.25) is 0 Å². The molecule has 1 aliphatic heterocycles. The van der Waals surface area contributed by atoms with Crippen LogP contribution in [0.5, 0.6) is 0 Å². The minimum Gasteiger partial charge on any atom is -0.376 e. The van der Waals surface area contributed by atoms with E-state index in [1.807, 2.05) is 0 Å². The molecule has 1 saturated heterocycles. The zero-order chi connectivity index (χ0) is 12.1. The maximum Gasteiger partial charge on any atom is 0.123 e. The summed E-state index contributed by atoms with van der Waals surface area (Å²) in [6.45, 7) is 2.19. The summed E-state index contributed by atoms with van der Waals surface area (Å²) in [7, 11) is 0. The molecule has 1 aromatic rings. The maximum absolute atomic E-state index is 13.1. The van der Waals surface area contributed by atoms with E-state index in [-0.39, 0.29) is 11.9 Å². The second-order valence-corrected chi connectivity index (χ2v) is 4.27. The average molecular weight is 239 g/mol. The summed E-state index contributed by atoms with van der Waals surface area (Å²) in [6.07, 6.45) is 2.35. The molecule has 1 aliphatic rings. The van der Waals surface area contributed by atoms with Gasteiger partial charge in [0.05, 0.1) is 19.3 Å². The fourth-order valence-corrected chi connectivity index (χ4v) is 2.00. The number of rotatable bonds is 5. The van der Waals surface area contributed by atoms with Crippen LogP contribution in [0.15, 0.2) is 18.2 Å². The third kappa shape index (κ3) is 3.49. The molecular weight excluding hydrogens is 221 g/mol. The highest BCUT2D eigenvalue weighted by Gasteiger charge is 2.15. The molecule has 94 valence electrons. The molecule has 0 saturated carbocycles. The molecule has 1 fully saturated rings. The summed E-state index contributed by atoms with van der Waals surface area (Å²) in [5, 5.41) is 0. The zero-order valence-corrected chi connectivity index (χ0v) is 9.82. The van der Waals surface area contributed by atoms with E-state index in [2.05, 4.69) is 0 Å². The number of benzene rings is 1. The highest BCUT2D eigenvalue weighted by molar-refractivity contribution is 5.27. The second kappa shape index (κ2) is 6.10. The van der Waals surface area contributed by atoms with Crippen molar-refractivity contribution < 1.29 is 13.9 Å². The molecule has 2 N–H and O–H groups in total. The van der Waals surface area contributed by atoms with Crippen molar-refractivity contribution in [1.82, 2.24) is 0 Å². The van der Waals surface area contributed by atoms with Gasteiger partial charge in [-0.15, -0.1) is 0 Å². The van der Waals surface area contributed by atoms with Crippen LogP contribution >= 0.6 is 0 Å². The Balaban J connectivity index is 1.86. The van der Waals surface area contributed by atoms with Gasteiger partial charge in [-0.2, -0.15) is 0 Å². The summed E-state index contributed by atoms with van der Waals surface area (Å²) in [6, 6.07) is 4.61. The van der Waals surface area contributed by atoms with Crippen LogP contribution < -0.4 is 5.73 Å². The quantitative estimate of drug-likeness (QED) is 0.854. The molecule has 1 aromatic carbocycles. The first kappa shape index (κ1) is 12.5. The molecule has 4 heteroatoms. The Hall–Kier alpha value is -0.970. The molecule has 1 atom stereocenters. The number of hydrogen-bond donors (Lipinski definition) is 1. The van der Waals surface area contributed by atoms with E-state index >= 15 is 0 Å². The van der Waals surface area contributed by atoms with Crippen molar-refractivity contribution >= 4 is 0 Å². The van der Waals surface area contributed by atoms with Gasteiger partial charge in [0.2, 0.25) is 0 Å². The van der Waals surface area contributed by atoms with Crippen LogP contribution in [0.3, 0.4) is 0 Å². The largest absolute Gasteiger partial charge is 0.376 e. The fourth-order valence-electron chi connectivity index (χ4n) is 2.00. The summed E-state index contributed by atoms with van der Waals surface area (Å²) >= 11 is 0. The van der Waals surface area contributed by atoms with E-state index in [1.165, 1.54) is 12.1 Å². The number of ether oxygens (including phenoxy) is 2. The lowest BCUT2D eigenvalue weighted by atomic mass is 10.1. The smallest absolute Gasteiger partial charge is 0.123 e. The Kier molecular flexibility index (Phi) is 4.48. The molecule has 0 aliphatic carbocycles. The van der Waals surface area contributed by atoms with E-state index in [9.17, 15) is 4.39 Å². The van der Waals surface area contributed by atoms with Gasteiger partial charge in [0.25, 0.3) is 0 Å². The van der Waals surface area contributed by atoms with Crippen molar-refractivity contribution in [3.05, 3.63) is 35.1 Å². The molecule has 3 nitrogen and oxygen atoms in total. The SMILES string of the molecule is NCc1ccc(F)cc1COCC1CCCO1. The van der Waals surface area contributed by atoms with Crippen molar-refractivity contribution in [3.63, 3.8) is 0 Å². The van der Waals surface area contributed by atoms with Crippen LogP contribution in [0.4, 0.5) is 4.39 Å². The van der Waals surface area contributed by atoms with Crippen LogP contribution in [-0.2, 0) is 22.6 Å². The summed E-state index contributed by atoms with van der Waals surface area (Å²) in [5.41, 5.74) is 7.35. The van der Waals surface area contributed by atoms with Gasteiger partial charge in [0.1, 0.15) is 5.82 Å². The molecule has 0 spiro atoms. The number of halogens is 1. The van der Waals surface area contributed by atoms with Crippen LogP contribution in [0.1, 0.15) is 24.0 Å². The second-order valence-electron chi connectivity index (χ2n) is 4.27. The first-order chi connectivity index (χ1) is 8.29. The molecule has 1 unspecified atom stereocenters. The first-order valence-corrected chi connectivity index (χ1v) is 5.96. The topological polar surface area (TPSA) is 44.5 Å². The molecule has 1 heterocycles. The monoisotopic (exact) mass is 239 g/mol. The number of nitrogens with two attached hydrogens (primary N) is 1. The van der Waals surface area contributed by atoms with Crippen LogP contribution in [0, 0.1) is 5.82 Å². The molecule has 0 amide bonds. The Morgan fingerprint density at radius 1 is 1.41 bits per heavy atom. The molecule has 17 heavy (non-hydrogen) atoms. The average Bonchev–Trinajstić information content (AvgIpc) is 2.82. The lowest BCUT2D eigenvalue weighted by Gasteiger charge is -2.12. The normalized spacial score (nSPS) is 19.8. The van der Waals surface area contributed by atoms with E-state index in [0.29, 0.717) is 19.8 Å². The van der Waals surface area contributed by atoms with Gasteiger partial charge in [-0.1, -0.05) is 6.07 Å². The third-order valence-electron chi connectivity index (χ3n) is 2.97. The summed E-state index contributed by atoms with van der Waals surface area (Å²) < 4.78 is 24.1. The van der Waals surface area contributed by atoms with Crippen molar-refractivity contribution in [2.45, 2.75) is 32.1 Å². The first-order valence-electron chi connectivity index (χ1n) is 5.96. The Labute approximate surface area is 101 Å². The lowest BCUT2D eigenvalue weighted by Crippen LogP contribution is -2.14. The van der Waals surface area contributed by atoms with Crippen molar-refractivity contribution in [2.75, 3.05) is 13.2 Å². The van der Waals surface area contributed by atoms with E-state index in [1.54, 1.807) is 6.07 Å². The van der Waals surface area contributed by atoms with Crippen LogP contribution in [0.2, 0.25) is 0 Å². The molecule has 0 aromatic heterocycles. The predicted molar refractivity (Wildman–Crippen MR) is 62.9 cm³/mol. The third-order valence-corrected chi connectivity index (χ3v) is 2.97. The van der Waals surface area contributed by atoms with E-state index in [0.717, 1.165) is 30.6 Å². The maximum atomic E-state index is 13.1. The summed E-state index contributed by atoms with van der Waals surface area (Å²) in [4.78, 5) is 0. The van der Waals surface area contributed by atoms with Gasteiger partial charge >= 0.3 is 0 Å². The molecule has 0 radical (unpaired) electrons. The van der Waals surface area contributed by atoms with Crippen LogP contribution in [-0.4, -0.2) is 19.3 Å². The Morgan fingerprint density at radius 3 is 3.00 bits per heavy atom. The predicted octanol–water partition coefficient (Wildman–Crippen LogP) is 1.98. The standard InChI is InChI=1S/C13H18FNO2/c14-12-4-3-10(7-15)11(6-12)8-16-9-13-2-1-5-17-13/h3-4,6,13H,1-2,5,7-9,15H2. The van der Waals surface area contributed by atoms with Gasteiger partial charge in [0.15, 0.2) is 0 Å². The minimum atomic E-state index is -0.252. The fraction of sp³-hybridized carbons (Fsp3) is 0.538. The van der Waals surface area contributed by atoms with Crippen molar-refractivity contribution in [1.29, 1.82) is 0 Å². The van der Waals surface area contributed by atoms with Crippen molar-refractivity contribution in [3.8, 4) is 0 Å². The lowest BCUT2D eigenvalue weighted by molar-refractivity contribution is 0.0103. The summed E-state index contributed by atoms with van der Waals surface area (Å²) in [5.74, 6) is -0.252.